The van der Waals surface area contributed by atoms with E-state index in [1.165, 1.54) is 26.0 Å². The largest absolute Gasteiger partial charge is 0.268 e. The molecule has 1 heterocycles. The lowest BCUT2D eigenvalue weighted by molar-refractivity contribution is 0.563. The Kier molecular flexibility index (Phi) is 3.24. The van der Waals surface area contributed by atoms with Gasteiger partial charge in [-0.05, 0) is 37.6 Å². The van der Waals surface area contributed by atoms with Gasteiger partial charge in [-0.2, -0.15) is 0 Å². The first-order valence-electron chi connectivity index (χ1n) is 6.54. The molecule has 112 valence electrons. The zero-order valence-electron chi connectivity index (χ0n) is 11.8. The summed E-state index contributed by atoms with van der Waals surface area (Å²) in [6, 6.07) is 5.80. The van der Waals surface area contributed by atoms with Crippen molar-refractivity contribution in [2.24, 2.45) is 0 Å². The number of para-hydroxylation sites is 1. The highest BCUT2D eigenvalue weighted by molar-refractivity contribution is 5.79. The lowest BCUT2D eigenvalue weighted by Gasteiger charge is -2.12. The van der Waals surface area contributed by atoms with Gasteiger partial charge in [0.05, 0.1) is 10.9 Å². The molecule has 3 rings (SSSR count). The fourth-order valence-corrected chi connectivity index (χ4v) is 2.39. The quantitative estimate of drug-likeness (QED) is 0.690. The third kappa shape index (κ3) is 2.07. The third-order valence-corrected chi connectivity index (χ3v) is 3.48. The van der Waals surface area contributed by atoms with Gasteiger partial charge in [0.15, 0.2) is 0 Å². The van der Waals surface area contributed by atoms with Crippen molar-refractivity contribution in [3.63, 3.8) is 0 Å². The Balaban J connectivity index is 2.46. The minimum atomic E-state index is -0.870. The molecule has 0 atom stereocenters. The molecule has 0 aliphatic carbocycles. The molecule has 0 bridgehead atoms. The Morgan fingerprint density at radius 1 is 1.00 bits per heavy atom. The Bertz CT molecular complexity index is 943. The van der Waals surface area contributed by atoms with Crippen LogP contribution in [0.4, 0.5) is 13.2 Å². The number of fused-ring (bicyclic) bond motifs is 1. The fourth-order valence-electron chi connectivity index (χ4n) is 2.39. The van der Waals surface area contributed by atoms with Crippen molar-refractivity contribution in [1.82, 2.24) is 9.55 Å². The van der Waals surface area contributed by atoms with Crippen LogP contribution in [0, 0.1) is 31.3 Å². The standard InChI is InChI=1S/C16H11F3N2O/c1-8-6-10-14(7-13(8)19)20-9(2)21(16(10)22)15-11(17)4-3-5-12(15)18/h3-7H,1-2H3. The van der Waals surface area contributed by atoms with Gasteiger partial charge in [-0.1, -0.05) is 6.07 Å². The molecule has 22 heavy (non-hydrogen) atoms. The maximum atomic E-state index is 14.0. The van der Waals surface area contributed by atoms with Crippen LogP contribution in [0.5, 0.6) is 0 Å². The molecule has 0 amide bonds. The predicted molar refractivity (Wildman–Crippen MR) is 76.7 cm³/mol. The van der Waals surface area contributed by atoms with E-state index in [4.69, 9.17) is 0 Å². The summed E-state index contributed by atoms with van der Waals surface area (Å²) in [6.45, 7) is 2.94. The highest BCUT2D eigenvalue weighted by atomic mass is 19.1. The molecule has 0 saturated heterocycles. The van der Waals surface area contributed by atoms with Crippen LogP contribution in [0.2, 0.25) is 0 Å². The van der Waals surface area contributed by atoms with Gasteiger partial charge in [-0.3, -0.25) is 9.36 Å². The van der Waals surface area contributed by atoms with Crippen molar-refractivity contribution in [2.75, 3.05) is 0 Å². The summed E-state index contributed by atoms with van der Waals surface area (Å²) in [7, 11) is 0. The number of nitrogens with zero attached hydrogens (tertiary/aromatic N) is 2. The molecule has 0 aliphatic heterocycles. The molecule has 0 unspecified atom stereocenters. The van der Waals surface area contributed by atoms with Gasteiger partial charge in [-0.15, -0.1) is 0 Å². The van der Waals surface area contributed by atoms with E-state index >= 15 is 0 Å². The van der Waals surface area contributed by atoms with Gasteiger partial charge in [0.2, 0.25) is 0 Å². The topological polar surface area (TPSA) is 34.9 Å². The lowest BCUT2D eigenvalue weighted by Crippen LogP contribution is -2.24. The Labute approximate surface area is 123 Å². The van der Waals surface area contributed by atoms with E-state index in [2.05, 4.69) is 4.98 Å². The average molecular weight is 304 g/mol. The Morgan fingerprint density at radius 3 is 2.27 bits per heavy atom. The summed E-state index contributed by atoms with van der Waals surface area (Å²) in [5.74, 6) is -2.16. The third-order valence-electron chi connectivity index (χ3n) is 3.48. The maximum absolute atomic E-state index is 14.0. The number of rotatable bonds is 1. The van der Waals surface area contributed by atoms with Crippen LogP contribution in [0.1, 0.15) is 11.4 Å². The van der Waals surface area contributed by atoms with Gasteiger partial charge >= 0.3 is 0 Å². The summed E-state index contributed by atoms with van der Waals surface area (Å²) in [5, 5.41) is 0.104. The zero-order valence-corrected chi connectivity index (χ0v) is 11.8. The zero-order chi connectivity index (χ0) is 16.0. The van der Waals surface area contributed by atoms with Crippen LogP contribution in [-0.2, 0) is 0 Å². The van der Waals surface area contributed by atoms with Gasteiger partial charge < -0.3 is 0 Å². The van der Waals surface area contributed by atoms with E-state index in [1.54, 1.807) is 0 Å². The molecule has 0 spiro atoms. The van der Waals surface area contributed by atoms with Crippen LogP contribution >= 0.6 is 0 Å². The molecular weight excluding hydrogens is 293 g/mol. The van der Waals surface area contributed by atoms with E-state index in [0.717, 1.165) is 22.8 Å². The summed E-state index contributed by atoms with van der Waals surface area (Å²) in [6.07, 6.45) is 0. The number of halogens is 3. The normalized spacial score (nSPS) is 11.1. The molecule has 0 radical (unpaired) electrons. The van der Waals surface area contributed by atoms with E-state index in [-0.39, 0.29) is 22.3 Å². The molecular formula is C16H11F3N2O. The summed E-state index contributed by atoms with van der Waals surface area (Å²) < 4.78 is 42.4. The molecule has 0 aliphatic rings. The van der Waals surface area contributed by atoms with E-state index in [9.17, 15) is 18.0 Å². The summed E-state index contributed by atoms with van der Waals surface area (Å²) in [5.41, 5.74) is -0.717. The number of aryl methyl sites for hydroxylation is 2. The second-order valence-electron chi connectivity index (χ2n) is 4.99. The first-order valence-corrected chi connectivity index (χ1v) is 6.54. The monoisotopic (exact) mass is 304 g/mol. The van der Waals surface area contributed by atoms with Crippen LogP contribution in [0.25, 0.3) is 16.6 Å². The number of hydrogen-bond acceptors (Lipinski definition) is 2. The van der Waals surface area contributed by atoms with Crippen LogP contribution in [0.15, 0.2) is 35.1 Å². The second kappa shape index (κ2) is 4.98. The fraction of sp³-hybridized carbons (Fsp3) is 0.125. The van der Waals surface area contributed by atoms with Gasteiger partial charge in [0, 0.05) is 6.07 Å². The van der Waals surface area contributed by atoms with Gasteiger partial charge in [0.1, 0.15) is 29.0 Å². The summed E-state index contributed by atoms with van der Waals surface area (Å²) >= 11 is 0. The number of benzene rings is 2. The van der Waals surface area contributed by atoms with E-state index in [0.29, 0.717) is 0 Å². The molecule has 0 saturated carbocycles. The lowest BCUT2D eigenvalue weighted by atomic mass is 10.1. The minimum Gasteiger partial charge on any atom is -0.268 e. The maximum Gasteiger partial charge on any atom is 0.266 e. The van der Waals surface area contributed by atoms with E-state index in [1.807, 2.05) is 0 Å². The Hall–Kier alpha value is -2.63. The summed E-state index contributed by atoms with van der Waals surface area (Å²) in [4.78, 5) is 16.7. The first kappa shape index (κ1) is 14.3. The van der Waals surface area contributed by atoms with Crippen LogP contribution < -0.4 is 5.56 Å². The van der Waals surface area contributed by atoms with Crippen molar-refractivity contribution < 1.29 is 13.2 Å². The Morgan fingerprint density at radius 2 is 1.64 bits per heavy atom. The highest BCUT2D eigenvalue weighted by Gasteiger charge is 2.17. The van der Waals surface area contributed by atoms with Gasteiger partial charge in [0.25, 0.3) is 5.56 Å². The van der Waals surface area contributed by atoms with Crippen molar-refractivity contribution in [1.29, 1.82) is 0 Å². The molecule has 2 aromatic carbocycles. The molecule has 3 nitrogen and oxygen atoms in total. The van der Waals surface area contributed by atoms with Crippen molar-refractivity contribution >= 4 is 10.9 Å². The molecule has 0 fully saturated rings. The van der Waals surface area contributed by atoms with Crippen LogP contribution in [0.3, 0.4) is 0 Å². The van der Waals surface area contributed by atoms with Gasteiger partial charge in [-0.25, -0.2) is 18.2 Å². The van der Waals surface area contributed by atoms with E-state index < -0.39 is 28.7 Å². The molecule has 0 N–H and O–H groups in total. The van der Waals surface area contributed by atoms with Crippen LogP contribution in [-0.4, -0.2) is 9.55 Å². The molecule has 1 aromatic heterocycles. The van der Waals surface area contributed by atoms with Crippen molar-refractivity contribution in [2.45, 2.75) is 13.8 Å². The highest BCUT2D eigenvalue weighted by Crippen LogP contribution is 2.20. The number of aromatic nitrogens is 2. The van der Waals surface area contributed by atoms with Crippen molar-refractivity contribution in [3.8, 4) is 5.69 Å². The number of hydrogen-bond donors (Lipinski definition) is 0. The average Bonchev–Trinajstić information content (AvgIpc) is 2.44. The first-order chi connectivity index (χ1) is 10.4. The smallest absolute Gasteiger partial charge is 0.266 e. The predicted octanol–water partition coefficient (Wildman–Crippen LogP) is 3.42. The molecule has 3 aromatic rings. The second-order valence-corrected chi connectivity index (χ2v) is 4.99. The molecule has 6 heteroatoms. The van der Waals surface area contributed by atoms with Crippen molar-refractivity contribution in [3.05, 3.63) is 69.5 Å². The SMILES string of the molecule is Cc1cc2c(=O)n(-c3c(F)cccc3F)c(C)nc2cc1F. The minimum absolute atomic E-state index is 0.0738.